The number of tetrazole rings is 1. The van der Waals surface area contributed by atoms with Crippen LogP contribution < -0.4 is 5.32 Å². The number of amides is 2. The second-order valence-corrected chi connectivity index (χ2v) is 4.62. The molecule has 2 amide bonds. The molecule has 0 fully saturated rings. The summed E-state index contributed by atoms with van der Waals surface area (Å²) in [6, 6.07) is 3.81. The lowest BCUT2D eigenvalue weighted by Gasteiger charge is -2.14. The molecular formula is C13H11FN6O3. The van der Waals surface area contributed by atoms with Crippen LogP contribution in [0.4, 0.5) is 10.1 Å². The van der Waals surface area contributed by atoms with Crippen LogP contribution in [0.25, 0.3) is 5.69 Å². The summed E-state index contributed by atoms with van der Waals surface area (Å²) in [5.74, 6) is -1.68. The topological polar surface area (TPSA) is 113 Å². The lowest BCUT2D eigenvalue weighted by atomic mass is 10.2. The fourth-order valence-corrected chi connectivity index (χ4v) is 2.13. The number of halogens is 1. The van der Waals surface area contributed by atoms with Crippen molar-refractivity contribution >= 4 is 17.5 Å². The minimum Gasteiger partial charge on any atom is -0.395 e. The van der Waals surface area contributed by atoms with Crippen LogP contribution in [0.1, 0.15) is 0 Å². The molecule has 9 nitrogen and oxygen atoms in total. The number of β-amino-alcohol motifs (C(OH)–C–C–N with tert-alkyl or cyclic N) is 1. The highest BCUT2D eigenvalue weighted by Gasteiger charge is 2.31. The Morgan fingerprint density at radius 2 is 2.13 bits per heavy atom. The standard InChI is InChI=1S/C13H11FN6O3/c14-8-1-2-11(20-7-15-17-18-20)9(5-8)16-10-6-12(22)19(3-4-21)13(10)23/h1-2,5-7,16,21H,3-4H2. The Bertz CT molecular complexity index is 789. The van der Waals surface area contributed by atoms with Crippen LogP contribution in [0, 0.1) is 5.82 Å². The number of hydrogen-bond acceptors (Lipinski definition) is 7. The number of anilines is 1. The zero-order valence-electron chi connectivity index (χ0n) is 11.7. The molecule has 2 aromatic rings. The van der Waals surface area contributed by atoms with Crippen molar-refractivity contribution in [2.75, 3.05) is 18.5 Å². The first-order chi connectivity index (χ1) is 11.1. The summed E-state index contributed by atoms with van der Waals surface area (Å²) < 4.78 is 14.8. The molecule has 1 aliphatic heterocycles. The predicted molar refractivity (Wildman–Crippen MR) is 74.6 cm³/mol. The molecule has 0 aliphatic carbocycles. The highest BCUT2D eigenvalue weighted by atomic mass is 19.1. The summed E-state index contributed by atoms with van der Waals surface area (Å²) in [7, 11) is 0. The molecule has 0 spiro atoms. The summed E-state index contributed by atoms with van der Waals surface area (Å²) in [6.07, 6.45) is 2.40. The number of aliphatic hydroxyl groups is 1. The van der Waals surface area contributed by atoms with E-state index >= 15 is 0 Å². The van der Waals surface area contributed by atoms with Crippen molar-refractivity contribution in [2.45, 2.75) is 0 Å². The predicted octanol–water partition coefficient (Wildman–Crippen LogP) is -0.542. The van der Waals surface area contributed by atoms with E-state index in [9.17, 15) is 14.0 Å². The number of aliphatic hydroxyl groups excluding tert-OH is 1. The summed E-state index contributed by atoms with van der Waals surface area (Å²) in [5.41, 5.74) is 0.595. The van der Waals surface area contributed by atoms with Crippen molar-refractivity contribution in [2.24, 2.45) is 0 Å². The van der Waals surface area contributed by atoms with Crippen molar-refractivity contribution in [3.05, 3.63) is 42.1 Å². The minimum absolute atomic E-state index is 0.0247. The normalized spacial score (nSPS) is 14.3. The molecule has 0 atom stereocenters. The Morgan fingerprint density at radius 1 is 1.30 bits per heavy atom. The highest BCUT2D eigenvalue weighted by Crippen LogP contribution is 2.24. The molecule has 1 aromatic heterocycles. The SMILES string of the molecule is O=C1C=C(Nc2cc(F)ccc2-n2cnnn2)C(=O)N1CCO. The van der Waals surface area contributed by atoms with Gasteiger partial charge in [-0.05, 0) is 28.6 Å². The Labute approximate surface area is 129 Å². The van der Waals surface area contributed by atoms with Gasteiger partial charge in [0.1, 0.15) is 17.8 Å². The van der Waals surface area contributed by atoms with E-state index in [0.29, 0.717) is 5.69 Å². The monoisotopic (exact) mass is 318 g/mol. The second kappa shape index (κ2) is 5.93. The molecule has 0 bridgehead atoms. The fourth-order valence-electron chi connectivity index (χ4n) is 2.13. The summed E-state index contributed by atoms with van der Waals surface area (Å²) in [4.78, 5) is 24.7. The third-order valence-electron chi connectivity index (χ3n) is 3.16. The van der Waals surface area contributed by atoms with Crippen molar-refractivity contribution in [3.8, 4) is 5.69 Å². The van der Waals surface area contributed by atoms with Crippen LogP contribution >= 0.6 is 0 Å². The van der Waals surface area contributed by atoms with E-state index in [-0.39, 0.29) is 24.5 Å². The van der Waals surface area contributed by atoms with Crippen LogP contribution in [-0.2, 0) is 9.59 Å². The third-order valence-corrected chi connectivity index (χ3v) is 3.16. The van der Waals surface area contributed by atoms with Gasteiger partial charge < -0.3 is 10.4 Å². The highest BCUT2D eigenvalue weighted by molar-refractivity contribution is 6.17. The van der Waals surface area contributed by atoms with Crippen LogP contribution in [0.15, 0.2) is 36.3 Å². The molecular weight excluding hydrogens is 307 g/mol. The first-order valence-corrected chi connectivity index (χ1v) is 6.58. The molecule has 118 valence electrons. The van der Waals surface area contributed by atoms with Gasteiger partial charge >= 0.3 is 0 Å². The lowest BCUT2D eigenvalue weighted by molar-refractivity contribution is -0.137. The average molecular weight is 318 g/mol. The molecule has 0 radical (unpaired) electrons. The van der Waals surface area contributed by atoms with E-state index in [0.717, 1.165) is 17.0 Å². The van der Waals surface area contributed by atoms with Crippen molar-refractivity contribution < 1.29 is 19.1 Å². The first-order valence-electron chi connectivity index (χ1n) is 6.58. The van der Waals surface area contributed by atoms with Gasteiger partial charge in [-0.15, -0.1) is 5.10 Å². The molecule has 0 unspecified atom stereocenters. The Morgan fingerprint density at radius 3 is 2.83 bits per heavy atom. The quantitative estimate of drug-likeness (QED) is 0.712. The fraction of sp³-hybridized carbons (Fsp3) is 0.154. The van der Waals surface area contributed by atoms with Crippen LogP contribution in [0.3, 0.4) is 0 Å². The number of carbonyl (C=O) groups is 2. The third kappa shape index (κ3) is 2.79. The summed E-state index contributed by atoms with van der Waals surface area (Å²) in [5, 5.41) is 22.3. The Balaban J connectivity index is 1.92. The van der Waals surface area contributed by atoms with Crippen LogP contribution in [-0.4, -0.2) is 55.2 Å². The molecule has 2 heterocycles. The molecule has 0 saturated carbocycles. The van der Waals surface area contributed by atoms with Gasteiger partial charge in [-0.3, -0.25) is 14.5 Å². The number of benzene rings is 1. The van der Waals surface area contributed by atoms with Gasteiger partial charge in [0.15, 0.2) is 0 Å². The van der Waals surface area contributed by atoms with Crippen molar-refractivity contribution in [1.29, 1.82) is 0 Å². The van der Waals surface area contributed by atoms with Crippen molar-refractivity contribution in [3.63, 3.8) is 0 Å². The van der Waals surface area contributed by atoms with E-state index in [1.54, 1.807) is 0 Å². The van der Waals surface area contributed by atoms with Crippen LogP contribution in [0.2, 0.25) is 0 Å². The maximum atomic E-state index is 13.5. The zero-order valence-corrected chi connectivity index (χ0v) is 11.7. The first kappa shape index (κ1) is 14.8. The molecule has 23 heavy (non-hydrogen) atoms. The van der Waals surface area contributed by atoms with Gasteiger partial charge in [-0.25, -0.2) is 4.39 Å². The smallest absolute Gasteiger partial charge is 0.277 e. The Kier molecular flexibility index (Phi) is 3.81. The molecule has 3 rings (SSSR count). The van der Waals surface area contributed by atoms with E-state index in [1.807, 2.05) is 0 Å². The van der Waals surface area contributed by atoms with Crippen molar-refractivity contribution in [1.82, 2.24) is 25.1 Å². The molecule has 2 N–H and O–H groups in total. The number of carbonyl (C=O) groups excluding carboxylic acids is 2. The lowest BCUT2D eigenvalue weighted by Crippen LogP contribution is -2.34. The van der Waals surface area contributed by atoms with Gasteiger partial charge in [0.2, 0.25) is 0 Å². The van der Waals surface area contributed by atoms with Gasteiger partial charge in [0, 0.05) is 6.08 Å². The van der Waals surface area contributed by atoms with Gasteiger partial charge in [0.25, 0.3) is 11.8 Å². The molecule has 0 saturated heterocycles. The average Bonchev–Trinajstić information content (AvgIpc) is 3.13. The van der Waals surface area contributed by atoms with Gasteiger partial charge in [0.05, 0.1) is 24.5 Å². The van der Waals surface area contributed by atoms with E-state index < -0.39 is 17.6 Å². The van der Waals surface area contributed by atoms with Gasteiger partial charge in [-0.1, -0.05) is 0 Å². The maximum absolute atomic E-state index is 13.5. The number of nitrogens with zero attached hydrogens (tertiary/aromatic N) is 5. The van der Waals surface area contributed by atoms with Gasteiger partial charge in [-0.2, -0.15) is 4.68 Å². The molecule has 10 heteroatoms. The zero-order chi connectivity index (χ0) is 16.4. The Hall–Kier alpha value is -3.14. The number of imide groups is 1. The maximum Gasteiger partial charge on any atom is 0.277 e. The number of hydrogen-bond donors (Lipinski definition) is 2. The minimum atomic E-state index is -0.601. The molecule has 1 aromatic carbocycles. The largest absolute Gasteiger partial charge is 0.395 e. The second-order valence-electron chi connectivity index (χ2n) is 4.62. The summed E-state index contributed by atoms with van der Waals surface area (Å²) in [6.45, 7) is -0.448. The molecule has 1 aliphatic rings. The van der Waals surface area contributed by atoms with Crippen LogP contribution in [0.5, 0.6) is 0 Å². The number of rotatable bonds is 5. The number of nitrogens with one attached hydrogen (secondary N) is 1. The van der Waals surface area contributed by atoms with E-state index in [4.69, 9.17) is 5.11 Å². The van der Waals surface area contributed by atoms with E-state index in [2.05, 4.69) is 20.8 Å². The summed E-state index contributed by atoms with van der Waals surface area (Å²) >= 11 is 0. The number of aromatic nitrogens is 4. The van der Waals surface area contributed by atoms with E-state index in [1.165, 1.54) is 23.1 Å².